The molecule has 116 valence electrons. The Morgan fingerprint density at radius 2 is 1.10 bits per heavy atom. The maximum absolute atomic E-state index is 5.21. The highest BCUT2D eigenvalue weighted by Crippen LogP contribution is 1.99. The monoisotopic (exact) mass is 316 g/mol. The Hall–Kier alpha value is -0.880. The first-order valence-electron chi connectivity index (χ1n) is 6.68. The van der Waals surface area contributed by atoms with E-state index in [9.17, 15) is 0 Å². The summed E-state index contributed by atoms with van der Waals surface area (Å²) in [6.07, 6.45) is 0. The van der Waals surface area contributed by atoms with Crippen LogP contribution in [0.15, 0.2) is 12.2 Å². The fraction of sp³-hybridized carbons (Fsp3) is 0.714. The van der Waals surface area contributed by atoms with Gasteiger partial charge in [0.05, 0.1) is 0 Å². The molecular weight excluding hydrogens is 288 g/mol. The second kappa shape index (κ2) is 7.78. The van der Waals surface area contributed by atoms with E-state index in [2.05, 4.69) is 69.4 Å². The highest BCUT2D eigenvalue weighted by molar-refractivity contribution is 7.80. The molecule has 0 radical (unpaired) electrons. The van der Waals surface area contributed by atoms with E-state index in [1.807, 2.05) is 0 Å². The third-order valence-electron chi connectivity index (χ3n) is 1.97. The van der Waals surface area contributed by atoms with Gasteiger partial charge in [-0.15, -0.1) is 0 Å². The van der Waals surface area contributed by atoms with E-state index in [1.165, 1.54) is 0 Å². The molecular formula is C14H28N4S2. The van der Waals surface area contributed by atoms with Crippen molar-refractivity contribution in [3.05, 3.63) is 12.2 Å². The fourth-order valence-corrected chi connectivity index (χ4v) is 2.00. The van der Waals surface area contributed by atoms with Crippen LogP contribution in [-0.4, -0.2) is 34.4 Å². The quantitative estimate of drug-likeness (QED) is 0.471. The van der Waals surface area contributed by atoms with Gasteiger partial charge in [0, 0.05) is 24.2 Å². The second-order valence-electron chi connectivity index (χ2n) is 6.87. The van der Waals surface area contributed by atoms with Crippen molar-refractivity contribution in [3.63, 3.8) is 0 Å². The topological polar surface area (TPSA) is 48.1 Å². The molecule has 0 aromatic rings. The van der Waals surface area contributed by atoms with Crippen molar-refractivity contribution in [3.8, 4) is 0 Å². The lowest BCUT2D eigenvalue weighted by atomic mass is 10.1. The van der Waals surface area contributed by atoms with Crippen molar-refractivity contribution in [1.82, 2.24) is 21.3 Å². The van der Waals surface area contributed by atoms with E-state index in [0.29, 0.717) is 23.3 Å². The van der Waals surface area contributed by atoms with Gasteiger partial charge >= 0.3 is 0 Å². The first-order valence-corrected chi connectivity index (χ1v) is 7.49. The maximum Gasteiger partial charge on any atom is 0.166 e. The van der Waals surface area contributed by atoms with Gasteiger partial charge in [-0.2, -0.15) is 0 Å². The molecule has 0 fully saturated rings. The minimum absolute atomic E-state index is 0.0398. The molecule has 0 aromatic heterocycles. The zero-order valence-electron chi connectivity index (χ0n) is 13.4. The van der Waals surface area contributed by atoms with Crippen LogP contribution >= 0.6 is 24.4 Å². The average Bonchev–Trinajstić information content (AvgIpc) is 2.18. The Morgan fingerprint density at radius 1 is 0.800 bits per heavy atom. The maximum atomic E-state index is 5.21. The van der Waals surface area contributed by atoms with Crippen LogP contribution in [0.5, 0.6) is 0 Å². The summed E-state index contributed by atoms with van der Waals surface area (Å²) >= 11 is 10.4. The molecule has 0 bridgehead atoms. The Balaban J connectivity index is 3.91. The summed E-state index contributed by atoms with van der Waals surface area (Å²) in [5, 5.41) is 13.9. The Labute approximate surface area is 134 Å². The highest BCUT2D eigenvalue weighted by Gasteiger charge is 2.12. The average molecular weight is 317 g/mol. The Bertz CT molecular complexity index is 330. The fourth-order valence-electron chi connectivity index (χ4n) is 1.24. The van der Waals surface area contributed by atoms with Gasteiger partial charge in [0.15, 0.2) is 10.2 Å². The molecule has 0 aromatic carbocycles. The first-order chi connectivity index (χ1) is 8.89. The van der Waals surface area contributed by atoms with Gasteiger partial charge in [-0.05, 0) is 71.6 Å². The number of nitrogens with one attached hydrogen (secondary N) is 4. The first kappa shape index (κ1) is 19.1. The predicted molar refractivity (Wildman–Crippen MR) is 96.1 cm³/mol. The Kier molecular flexibility index (Phi) is 7.44. The molecule has 0 amide bonds. The number of rotatable bonds is 4. The Morgan fingerprint density at radius 3 is 1.35 bits per heavy atom. The number of thiocarbonyl (C=S) groups is 2. The normalized spacial score (nSPS) is 11.5. The van der Waals surface area contributed by atoms with E-state index in [1.54, 1.807) is 0 Å². The van der Waals surface area contributed by atoms with E-state index in [-0.39, 0.29) is 11.1 Å². The van der Waals surface area contributed by atoms with Gasteiger partial charge in [-0.3, -0.25) is 0 Å². The predicted octanol–water partition coefficient (Wildman–Crippen LogP) is 2.07. The second-order valence-corrected chi connectivity index (χ2v) is 7.68. The molecule has 0 saturated heterocycles. The third kappa shape index (κ3) is 12.2. The van der Waals surface area contributed by atoms with Gasteiger partial charge < -0.3 is 21.3 Å². The molecule has 0 rings (SSSR count). The molecule has 4 nitrogen and oxygen atoms in total. The molecule has 20 heavy (non-hydrogen) atoms. The molecule has 0 unspecified atom stereocenters. The van der Waals surface area contributed by atoms with Gasteiger partial charge in [-0.1, -0.05) is 6.58 Å². The summed E-state index contributed by atoms with van der Waals surface area (Å²) in [5.74, 6) is 0. The molecule has 0 saturated carbocycles. The number of hydrogen-bond acceptors (Lipinski definition) is 2. The number of hydrogen-bond donors (Lipinski definition) is 4. The van der Waals surface area contributed by atoms with Crippen molar-refractivity contribution in [2.75, 3.05) is 13.1 Å². The molecule has 6 heteroatoms. The summed E-state index contributed by atoms with van der Waals surface area (Å²) < 4.78 is 0. The van der Waals surface area contributed by atoms with E-state index >= 15 is 0 Å². The zero-order chi connectivity index (χ0) is 16.0. The zero-order valence-corrected chi connectivity index (χ0v) is 15.1. The van der Waals surface area contributed by atoms with Crippen LogP contribution in [0.1, 0.15) is 41.5 Å². The van der Waals surface area contributed by atoms with Gasteiger partial charge in [0.25, 0.3) is 0 Å². The van der Waals surface area contributed by atoms with Crippen LogP contribution < -0.4 is 21.3 Å². The van der Waals surface area contributed by atoms with Crippen LogP contribution in [0.2, 0.25) is 0 Å². The third-order valence-corrected chi connectivity index (χ3v) is 2.47. The molecule has 0 spiro atoms. The van der Waals surface area contributed by atoms with Crippen LogP contribution in [0.4, 0.5) is 0 Å². The largest absolute Gasteiger partial charge is 0.359 e. The van der Waals surface area contributed by atoms with E-state index < -0.39 is 0 Å². The summed E-state index contributed by atoms with van der Waals surface area (Å²) in [4.78, 5) is 0. The summed E-state index contributed by atoms with van der Waals surface area (Å²) in [6.45, 7) is 17.6. The highest BCUT2D eigenvalue weighted by atomic mass is 32.1. The summed E-state index contributed by atoms with van der Waals surface area (Å²) in [6, 6.07) is 0. The molecule has 4 N–H and O–H groups in total. The van der Waals surface area contributed by atoms with Crippen molar-refractivity contribution in [1.29, 1.82) is 0 Å². The lowest BCUT2D eigenvalue weighted by Gasteiger charge is -2.24. The van der Waals surface area contributed by atoms with Crippen molar-refractivity contribution < 1.29 is 0 Å². The van der Waals surface area contributed by atoms with Crippen LogP contribution in [0.3, 0.4) is 0 Å². The summed E-state index contributed by atoms with van der Waals surface area (Å²) in [7, 11) is 0. The lowest BCUT2D eigenvalue weighted by Crippen LogP contribution is -2.48. The van der Waals surface area contributed by atoms with Crippen LogP contribution in [-0.2, 0) is 0 Å². The molecule has 0 aliphatic carbocycles. The van der Waals surface area contributed by atoms with Crippen LogP contribution in [0, 0.1) is 0 Å². The van der Waals surface area contributed by atoms with Gasteiger partial charge in [0.1, 0.15) is 0 Å². The molecule has 0 atom stereocenters. The van der Waals surface area contributed by atoms with Crippen LogP contribution in [0.25, 0.3) is 0 Å². The smallest absolute Gasteiger partial charge is 0.166 e. The molecule has 0 heterocycles. The molecule has 0 aliphatic heterocycles. The summed E-state index contributed by atoms with van der Waals surface area (Å²) in [5.41, 5.74) is 0.908. The molecule has 0 aliphatic rings. The minimum atomic E-state index is -0.0398. The standard InChI is InChI=1S/C14H28N4S2/c1-10(8-15-11(19)17-13(2,3)4)9-16-12(20)18-14(5,6)7/h1,8-9H2,2-7H3,(H2,15,17,19)(H2,16,18,20). The SMILES string of the molecule is C=C(CNC(=S)NC(C)(C)C)CNC(=S)NC(C)(C)C. The van der Waals surface area contributed by atoms with Crippen molar-refractivity contribution in [2.45, 2.75) is 52.6 Å². The lowest BCUT2D eigenvalue weighted by molar-refractivity contribution is 0.507. The minimum Gasteiger partial charge on any atom is -0.359 e. The van der Waals surface area contributed by atoms with Gasteiger partial charge in [-0.25, -0.2) is 0 Å². The van der Waals surface area contributed by atoms with E-state index in [0.717, 1.165) is 5.57 Å². The van der Waals surface area contributed by atoms with E-state index in [4.69, 9.17) is 24.4 Å². The van der Waals surface area contributed by atoms with Crippen molar-refractivity contribution in [2.24, 2.45) is 0 Å². The van der Waals surface area contributed by atoms with Gasteiger partial charge in [0.2, 0.25) is 0 Å². The van der Waals surface area contributed by atoms with Crippen molar-refractivity contribution >= 4 is 34.7 Å².